The van der Waals surface area contributed by atoms with Crippen LogP contribution in [0.2, 0.25) is 0 Å². The van der Waals surface area contributed by atoms with Gasteiger partial charge >= 0.3 is 0 Å². The van der Waals surface area contributed by atoms with Crippen molar-refractivity contribution >= 4 is 10.1 Å². The molecule has 31 heavy (non-hydrogen) atoms. The second-order valence-corrected chi connectivity index (χ2v) is 7.98. The average Bonchev–Trinajstić information content (AvgIpc) is 2.78. The lowest BCUT2D eigenvalue weighted by atomic mass is 10.1. The Bertz CT molecular complexity index is 1340. The molecule has 0 saturated carbocycles. The number of nitrogens with zero attached hydrogens (tertiary/aromatic N) is 3. The van der Waals surface area contributed by atoms with Gasteiger partial charge in [-0.15, -0.1) is 0 Å². The number of aromatic hydroxyl groups is 1. The summed E-state index contributed by atoms with van der Waals surface area (Å²) in [5, 5.41) is 10.4. The third-order valence-corrected chi connectivity index (χ3v) is 5.39. The number of hydrogen-bond acceptors (Lipinski definition) is 7. The van der Waals surface area contributed by atoms with Crippen LogP contribution in [0.4, 0.5) is 0 Å². The number of ether oxygens (including phenoxy) is 1. The molecule has 0 atom stereocenters. The van der Waals surface area contributed by atoms with Crippen LogP contribution in [0.3, 0.4) is 0 Å². The van der Waals surface area contributed by atoms with Gasteiger partial charge in [0.05, 0.1) is 17.6 Å². The van der Waals surface area contributed by atoms with E-state index >= 15 is 0 Å². The molecular weight excluding hydrogens is 418 g/mol. The van der Waals surface area contributed by atoms with Gasteiger partial charge in [0.25, 0.3) is 10.1 Å². The first-order valence-corrected chi connectivity index (χ1v) is 10.6. The predicted octanol–water partition coefficient (Wildman–Crippen LogP) is 3.83. The highest BCUT2D eigenvalue weighted by molar-refractivity contribution is 7.85. The molecule has 0 bridgehead atoms. The fourth-order valence-electron chi connectivity index (χ4n) is 2.95. The van der Waals surface area contributed by atoms with Crippen LogP contribution in [0.15, 0.2) is 77.7 Å². The summed E-state index contributed by atoms with van der Waals surface area (Å²) in [6, 6.07) is 19.6. The van der Waals surface area contributed by atoms with Crippen LogP contribution in [0.1, 0.15) is 0 Å². The van der Waals surface area contributed by atoms with Gasteiger partial charge in [0.15, 0.2) is 17.5 Å². The van der Waals surface area contributed by atoms with E-state index in [4.69, 9.17) is 4.74 Å². The van der Waals surface area contributed by atoms with Crippen molar-refractivity contribution in [2.24, 2.45) is 0 Å². The topological polar surface area (TPSA) is 123 Å². The van der Waals surface area contributed by atoms with Crippen molar-refractivity contribution in [2.75, 3.05) is 7.11 Å². The smallest absolute Gasteiger partial charge is 0.294 e. The lowest BCUT2D eigenvalue weighted by Gasteiger charge is -2.10. The summed E-state index contributed by atoms with van der Waals surface area (Å²) in [5.41, 5.74) is 1.65. The molecule has 0 fully saturated rings. The van der Waals surface area contributed by atoms with Gasteiger partial charge in [0.1, 0.15) is 11.5 Å². The minimum Gasteiger partial charge on any atom is -0.507 e. The maximum absolute atomic E-state index is 11.3. The van der Waals surface area contributed by atoms with E-state index in [2.05, 4.69) is 15.0 Å². The Morgan fingerprint density at radius 1 is 0.774 bits per heavy atom. The van der Waals surface area contributed by atoms with Crippen molar-refractivity contribution in [1.82, 2.24) is 15.0 Å². The van der Waals surface area contributed by atoms with Crippen molar-refractivity contribution in [3.05, 3.63) is 72.8 Å². The first-order valence-electron chi connectivity index (χ1n) is 9.12. The van der Waals surface area contributed by atoms with Crippen LogP contribution in [-0.4, -0.2) is 40.1 Å². The van der Waals surface area contributed by atoms with Gasteiger partial charge in [-0.1, -0.05) is 30.3 Å². The van der Waals surface area contributed by atoms with Crippen molar-refractivity contribution in [3.63, 3.8) is 0 Å². The van der Waals surface area contributed by atoms with E-state index in [-0.39, 0.29) is 22.3 Å². The summed E-state index contributed by atoms with van der Waals surface area (Å²) < 4.78 is 37.0. The minimum atomic E-state index is -4.31. The third kappa shape index (κ3) is 4.37. The Morgan fingerprint density at radius 3 is 1.90 bits per heavy atom. The molecule has 4 rings (SSSR count). The van der Waals surface area contributed by atoms with Crippen LogP contribution in [0.5, 0.6) is 11.5 Å². The molecule has 9 heteroatoms. The molecule has 156 valence electrons. The molecular formula is C22H17N3O5S. The highest BCUT2D eigenvalue weighted by atomic mass is 32.2. The second-order valence-electron chi connectivity index (χ2n) is 6.55. The van der Waals surface area contributed by atoms with E-state index in [9.17, 15) is 18.1 Å². The lowest BCUT2D eigenvalue weighted by molar-refractivity contribution is 0.408. The molecule has 0 saturated heterocycles. The fraction of sp³-hybridized carbons (Fsp3) is 0.0455. The number of phenolic OH excluding ortho intramolecular Hbond substituents is 1. The molecule has 0 unspecified atom stereocenters. The van der Waals surface area contributed by atoms with Crippen LogP contribution in [0, 0.1) is 0 Å². The van der Waals surface area contributed by atoms with E-state index in [1.807, 2.05) is 30.3 Å². The summed E-state index contributed by atoms with van der Waals surface area (Å²) >= 11 is 0. The Labute approximate surface area is 178 Å². The molecule has 0 aliphatic carbocycles. The maximum Gasteiger partial charge on any atom is 0.294 e. The van der Waals surface area contributed by atoms with Gasteiger partial charge in [-0.2, -0.15) is 8.42 Å². The van der Waals surface area contributed by atoms with Crippen LogP contribution in [0.25, 0.3) is 34.2 Å². The molecule has 0 amide bonds. The van der Waals surface area contributed by atoms with Crippen LogP contribution < -0.4 is 4.74 Å². The van der Waals surface area contributed by atoms with Gasteiger partial charge in [0, 0.05) is 17.2 Å². The molecule has 4 aromatic rings. The third-order valence-electron chi connectivity index (χ3n) is 4.52. The Hall–Kier alpha value is -3.82. The largest absolute Gasteiger partial charge is 0.507 e. The van der Waals surface area contributed by atoms with E-state index in [1.54, 1.807) is 12.1 Å². The molecule has 8 nitrogen and oxygen atoms in total. The summed E-state index contributed by atoms with van der Waals surface area (Å²) in [4.78, 5) is 13.3. The minimum absolute atomic E-state index is 0.0581. The highest BCUT2D eigenvalue weighted by Gasteiger charge is 2.16. The number of aromatic nitrogens is 3. The van der Waals surface area contributed by atoms with E-state index in [0.717, 1.165) is 5.56 Å². The quantitative estimate of drug-likeness (QED) is 0.454. The van der Waals surface area contributed by atoms with Gasteiger partial charge in [-0.05, 0) is 36.4 Å². The summed E-state index contributed by atoms with van der Waals surface area (Å²) in [6.45, 7) is 0. The molecule has 0 aliphatic rings. The van der Waals surface area contributed by atoms with Crippen molar-refractivity contribution < 1.29 is 22.8 Å². The molecule has 0 radical (unpaired) electrons. The Morgan fingerprint density at radius 2 is 1.35 bits per heavy atom. The number of methoxy groups -OCH3 is 1. The first kappa shape index (κ1) is 20.5. The first-order chi connectivity index (χ1) is 14.8. The van der Waals surface area contributed by atoms with Gasteiger partial charge in [0.2, 0.25) is 0 Å². The van der Waals surface area contributed by atoms with Crippen molar-refractivity contribution in [2.45, 2.75) is 4.90 Å². The number of rotatable bonds is 5. The second kappa shape index (κ2) is 8.13. The van der Waals surface area contributed by atoms with Gasteiger partial charge < -0.3 is 9.84 Å². The summed E-state index contributed by atoms with van der Waals surface area (Å²) in [6.07, 6.45) is 0. The number of benzene rings is 3. The molecule has 0 spiro atoms. The Kier molecular flexibility index (Phi) is 5.37. The molecule has 2 N–H and O–H groups in total. The summed E-state index contributed by atoms with van der Waals surface area (Å²) in [5.74, 6) is 1.33. The molecule has 1 aromatic heterocycles. The van der Waals surface area contributed by atoms with Crippen molar-refractivity contribution in [3.8, 4) is 45.7 Å². The van der Waals surface area contributed by atoms with E-state index in [1.165, 1.54) is 37.4 Å². The number of hydrogen-bond donors (Lipinski definition) is 2. The highest BCUT2D eigenvalue weighted by Crippen LogP contribution is 2.32. The van der Waals surface area contributed by atoms with Crippen molar-refractivity contribution in [1.29, 1.82) is 0 Å². The summed E-state index contributed by atoms with van der Waals surface area (Å²) in [7, 11) is -2.82. The zero-order valence-electron chi connectivity index (χ0n) is 16.3. The predicted molar refractivity (Wildman–Crippen MR) is 114 cm³/mol. The molecule has 1 heterocycles. The lowest BCUT2D eigenvalue weighted by Crippen LogP contribution is -2.01. The number of phenols is 1. The normalized spacial score (nSPS) is 11.3. The Balaban J connectivity index is 1.88. The zero-order valence-corrected chi connectivity index (χ0v) is 17.1. The van der Waals surface area contributed by atoms with Gasteiger partial charge in [-0.3, -0.25) is 4.55 Å². The van der Waals surface area contributed by atoms with Crippen LogP contribution in [-0.2, 0) is 10.1 Å². The maximum atomic E-state index is 11.3. The monoisotopic (exact) mass is 435 g/mol. The molecule has 0 aliphatic heterocycles. The fourth-order valence-corrected chi connectivity index (χ4v) is 3.43. The van der Waals surface area contributed by atoms with E-state index in [0.29, 0.717) is 22.7 Å². The zero-order chi connectivity index (χ0) is 22.0. The van der Waals surface area contributed by atoms with Gasteiger partial charge in [-0.25, -0.2) is 15.0 Å². The SMILES string of the molecule is COc1ccc(-c2nc(-c3ccccc3)nc(-c3ccc(S(=O)(=O)O)cc3)n2)c(O)c1. The standard InChI is InChI=1S/C22H17N3O5S/c1-30-16-9-12-18(19(26)13-16)22-24-20(14-5-3-2-4-6-14)23-21(25-22)15-7-10-17(11-8-15)31(27,28)29/h2-13,26H,1H3,(H,27,28,29). The van der Waals surface area contributed by atoms with Crippen LogP contribution >= 0.6 is 0 Å². The average molecular weight is 435 g/mol. The molecule has 3 aromatic carbocycles. The van der Waals surface area contributed by atoms with E-state index < -0.39 is 10.1 Å².